The summed E-state index contributed by atoms with van der Waals surface area (Å²) in [5.74, 6) is -0.558. The number of anilines is 2. The second kappa shape index (κ2) is 7.79. The van der Waals surface area contributed by atoms with Crippen LogP contribution in [0.4, 0.5) is 11.4 Å². The highest BCUT2D eigenvalue weighted by Crippen LogP contribution is 2.18. The summed E-state index contributed by atoms with van der Waals surface area (Å²) in [7, 11) is 1.69. The van der Waals surface area contributed by atoms with Gasteiger partial charge in [-0.3, -0.25) is 9.59 Å². The van der Waals surface area contributed by atoms with E-state index in [9.17, 15) is 20.0 Å². The first-order valence-electron chi connectivity index (χ1n) is 7.47. The molecule has 25 heavy (non-hydrogen) atoms. The van der Waals surface area contributed by atoms with E-state index in [1.165, 1.54) is 25.3 Å². The van der Waals surface area contributed by atoms with Crippen molar-refractivity contribution in [2.24, 2.45) is 0 Å². The van der Waals surface area contributed by atoms with Gasteiger partial charge in [0.1, 0.15) is 17.4 Å². The fraction of sp³-hybridized carbons (Fsp3) is 0.105. The zero-order valence-electron chi connectivity index (χ0n) is 13.9. The molecule has 6 nitrogen and oxygen atoms in total. The number of amides is 1. The summed E-state index contributed by atoms with van der Waals surface area (Å²) in [6.45, 7) is 1.44. The molecule has 0 saturated carbocycles. The maximum absolute atomic E-state index is 12.3. The summed E-state index contributed by atoms with van der Waals surface area (Å²) in [5, 5.41) is 21.2. The Kier molecular flexibility index (Phi) is 5.54. The molecule has 2 N–H and O–H groups in total. The SMILES string of the molecule is CC(=O)c1cccc(NC(=O)/C(C#N)=C\N(C)c2ccc(O)cc2)c1. The number of ketones is 1. The van der Waals surface area contributed by atoms with E-state index >= 15 is 0 Å². The molecule has 0 spiro atoms. The first-order chi connectivity index (χ1) is 11.9. The third-order valence-corrected chi connectivity index (χ3v) is 3.47. The predicted molar refractivity (Wildman–Crippen MR) is 95.3 cm³/mol. The predicted octanol–water partition coefficient (Wildman–Crippen LogP) is 3.08. The standard InChI is InChI=1S/C19H17N3O3/c1-13(23)14-4-3-5-16(10-14)21-19(25)15(11-20)12-22(2)17-6-8-18(24)9-7-17/h3-10,12,24H,1-2H3,(H,21,25)/b15-12-. The van der Waals surface area contributed by atoms with Crippen molar-refractivity contribution in [2.45, 2.75) is 6.92 Å². The van der Waals surface area contributed by atoms with Crippen LogP contribution in [-0.2, 0) is 4.79 Å². The largest absolute Gasteiger partial charge is 0.508 e. The van der Waals surface area contributed by atoms with E-state index in [4.69, 9.17) is 0 Å². The molecule has 0 aliphatic heterocycles. The Balaban J connectivity index is 2.18. The quantitative estimate of drug-likeness (QED) is 0.497. The molecule has 0 saturated heterocycles. The molecular formula is C19H17N3O3. The van der Waals surface area contributed by atoms with Crippen molar-refractivity contribution in [3.63, 3.8) is 0 Å². The first kappa shape index (κ1) is 17.8. The van der Waals surface area contributed by atoms with E-state index in [2.05, 4.69) is 5.32 Å². The van der Waals surface area contributed by atoms with E-state index in [1.54, 1.807) is 48.3 Å². The number of rotatable bonds is 5. The van der Waals surface area contributed by atoms with Crippen LogP contribution in [0.5, 0.6) is 5.75 Å². The molecule has 6 heteroatoms. The van der Waals surface area contributed by atoms with Gasteiger partial charge in [-0.25, -0.2) is 0 Å². The van der Waals surface area contributed by atoms with Crippen molar-refractivity contribution >= 4 is 23.1 Å². The maximum Gasteiger partial charge on any atom is 0.267 e. The molecule has 0 heterocycles. The fourth-order valence-corrected chi connectivity index (χ4v) is 2.11. The Hall–Kier alpha value is -3.59. The van der Waals surface area contributed by atoms with Crippen molar-refractivity contribution in [1.82, 2.24) is 0 Å². The van der Waals surface area contributed by atoms with Gasteiger partial charge in [0, 0.05) is 30.2 Å². The topological polar surface area (TPSA) is 93.4 Å². The van der Waals surface area contributed by atoms with Crippen LogP contribution in [0, 0.1) is 11.3 Å². The molecule has 0 radical (unpaired) electrons. The molecule has 2 aromatic carbocycles. The lowest BCUT2D eigenvalue weighted by atomic mass is 10.1. The van der Waals surface area contributed by atoms with Gasteiger partial charge in [0.25, 0.3) is 5.91 Å². The van der Waals surface area contributed by atoms with Crippen molar-refractivity contribution in [1.29, 1.82) is 5.26 Å². The Morgan fingerprint density at radius 1 is 1.20 bits per heavy atom. The number of aromatic hydroxyl groups is 1. The van der Waals surface area contributed by atoms with E-state index < -0.39 is 5.91 Å². The molecular weight excluding hydrogens is 318 g/mol. The summed E-state index contributed by atoms with van der Waals surface area (Å²) in [4.78, 5) is 25.3. The van der Waals surface area contributed by atoms with Crippen molar-refractivity contribution < 1.29 is 14.7 Å². The molecule has 0 aliphatic rings. The van der Waals surface area contributed by atoms with Gasteiger partial charge in [-0.2, -0.15) is 5.26 Å². The van der Waals surface area contributed by atoms with Gasteiger partial charge in [0.05, 0.1) is 0 Å². The molecule has 126 valence electrons. The molecule has 0 aliphatic carbocycles. The van der Waals surface area contributed by atoms with Crippen molar-refractivity contribution in [3.05, 3.63) is 65.9 Å². The molecule has 2 aromatic rings. The summed E-state index contributed by atoms with van der Waals surface area (Å²) < 4.78 is 0. The lowest BCUT2D eigenvalue weighted by molar-refractivity contribution is -0.112. The smallest absolute Gasteiger partial charge is 0.267 e. The Morgan fingerprint density at radius 3 is 2.48 bits per heavy atom. The highest BCUT2D eigenvalue weighted by molar-refractivity contribution is 6.07. The normalized spacial score (nSPS) is 10.7. The van der Waals surface area contributed by atoms with Gasteiger partial charge in [-0.05, 0) is 43.3 Å². The molecule has 1 amide bonds. The molecule has 0 fully saturated rings. The van der Waals surface area contributed by atoms with Crippen molar-refractivity contribution in [3.8, 4) is 11.8 Å². The van der Waals surface area contributed by atoms with Crippen LogP contribution in [0.15, 0.2) is 60.3 Å². The lowest BCUT2D eigenvalue weighted by Gasteiger charge is -2.15. The number of Topliss-reactive ketones (excluding diaryl/α,β-unsaturated/α-hetero) is 1. The molecule has 0 atom stereocenters. The Bertz CT molecular complexity index is 864. The summed E-state index contributed by atoms with van der Waals surface area (Å²) in [5.41, 5.74) is 1.52. The average molecular weight is 335 g/mol. The van der Waals surface area contributed by atoms with E-state index in [0.29, 0.717) is 16.9 Å². The molecule has 0 unspecified atom stereocenters. The van der Waals surface area contributed by atoms with Gasteiger partial charge in [-0.15, -0.1) is 0 Å². The zero-order chi connectivity index (χ0) is 18.4. The van der Waals surface area contributed by atoms with Gasteiger partial charge < -0.3 is 15.3 Å². The first-order valence-corrected chi connectivity index (χ1v) is 7.47. The van der Waals surface area contributed by atoms with Crippen LogP contribution in [0.1, 0.15) is 17.3 Å². The zero-order valence-corrected chi connectivity index (χ0v) is 13.9. The van der Waals surface area contributed by atoms with E-state index in [1.807, 2.05) is 6.07 Å². The van der Waals surface area contributed by atoms with E-state index in [0.717, 1.165) is 0 Å². The third kappa shape index (κ3) is 4.69. The minimum Gasteiger partial charge on any atom is -0.508 e. The number of carbonyl (C=O) groups excluding carboxylic acids is 2. The van der Waals surface area contributed by atoms with E-state index in [-0.39, 0.29) is 17.1 Å². The summed E-state index contributed by atoms with van der Waals surface area (Å²) in [6, 6.07) is 14.7. The number of phenols is 1. The summed E-state index contributed by atoms with van der Waals surface area (Å²) >= 11 is 0. The number of hydrogen-bond acceptors (Lipinski definition) is 5. The van der Waals surface area contributed by atoms with Gasteiger partial charge in [-0.1, -0.05) is 12.1 Å². The van der Waals surface area contributed by atoms with Crippen LogP contribution in [0.2, 0.25) is 0 Å². The van der Waals surface area contributed by atoms with Crippen molar-refractivity contribution in [2.75, 3.05) is 17.3 Å². The van der Waals surface area contributed by atoms with Crippen LogP contribution >= 0.6 is 0 Å². The lowest BCUT2D eigenvalue weighted by Crippen LogP contribution is -2.18. The highest BCUT2D eigenvalue weighted by atomic mass is 16.3. The number of hydrogen-bond donors (Lipinski definition) is 2. The average Bonchev–Trinajstić information content (AvgIpc) is 2.60. The Morgan fingerprint density at radius 2 is 1.88 bits per heavy atom. The molecule has 2 rings (SSSR count). The number of benzene rings is 2. The minimum absolute atomic E-state index is 0.0937. The third-order valence-electron chi connectivity index (χ3n) is 3.47. The molecule has 0 bridgehead atoms. The summed E-state index contributed by atoms with van der Waals surface area (Å²) in [6.07, 6.45) is 1.40. The van der Waals surface area contributed by atoms with Crippen LogP contribution < -0.4 is 10.2 Å². The van der Waals surface area contributed by atoms with Crippen LogP contribution in [-0.4, -0.2) is 23.8 Å². The second-order valence-corrected chi connectivity index (χ2v) is 5.37. The van der Waals surface area contributed by atoms with Gasteiger partial charge in [0.2, 0.25) is 0 Å². The number of carbonyl (C=O) groups is 2. The second-order valence-electron chi connectivity index (χ2n) is 5.37. The molecule has 0 aromatic heterocycles. The number of nitrogens with zero attached hydrogens (tertiary/aromatic N) is 2. The van der Waals surface area contributed by atoms with Gasteiger partial charge in [0.15, 0.2) is 5.78 Å². The number of nitrogens with one attached hydrogen (secondary N) is 1. The highest BCUT2D eigenvalue weighted by Gasteiger charge is 2.12. The fourth-order valence-electron chi connectivity index (χ4n) is 2.11. The van der Waals surface area contributed by atoms with Gasteiger partial charge >= 0.3 is 0 Å². The number of nitriles is 1. The number of phenolic OH excluding ortho intramolecular Hbond substituents is 1. The Labute approximate surface area is 145 Å². The monoisotopic (exact) mass is 335 g/mol. The maximum atomic E-state index is 12.3. The minimum atomic E-state index is -0.575. The van der Waals surface area contributed by atoms with Crippen LogP contribution in [0.3, 0.4) is 0 Å². The van der Waals surface area contributed by atoms with Crippen LogP contribution in [0.25, 0.3) is 0 Å².